The van der Waals surface area contributed by atoms with Crippen molar-refractivity contribution in [2.75, 3.05) is 13.1 Å². The van der Waals surface area contributed by atoms with Crippen LogP contribution in [0.4, 0.5) is 4.39 Å². The minimum absolute atomic E-state index is 0.00719. The van der Waals surface area contributed by atoms with Gasteiger partial charge in [0.15, 0.2) is 5.69 Å². The molecule has 3 atom stereocenters. The number of halogens is 1. The average molecular weight is 621 g/mol. The van der Waals surface area contributed by atoms with Gasteiger partial charge < -0.3 is 23.7 Å². The van der Waals surface area contributed by atoms with E-state index >= 15 is 0 Å². The van der Waals surface area contributed by atoms with Crippen molar-refractivity contribution in [2.24, 2.45) is 0 Å². The van der Waals surface area contributed by atoms with Gasteiger partial charge in [-0.2, -0.15) is 0 Å². The fourth-order valence-corrected chi connectivity index (χ4v) is 6.07. The molecule has 3 heterocycles. The van der Waals surface area contributed by atoms with E-state index in [-0.39, 0.29) is 54.9 Å². The largest absolute Gasteiger partial charge is 0.481 e. The van der Waals surface area contributed by atoms with Gasteiger partial charge in [-0.3, -0.25) is 14.4 Å². The summed E-state index contributed by atoms with van der Waals surface area (Å²) in [5.74, 6) is -0.742. The second-order valence-electron chi connectivity index (χ2n) is 10.9. The maximum atomic E-state index is 13.7. The summed E-state index contributed by atoms with van der Waals surface area (Å²) in [5, 5.41) is -1.47. The van der Waals surface area contributed by atoms with Crippen molar-refractivity contribution >= 4 is 34.8 Å². The second kappa shape index (κ2) is 13.6. The number of hydrogen-bond acceptors (Lipinski definition) is 8. The molecule has 0 bridgehead atoms. The molecule has 0 spiro atoms. The molecule has 10 nitrogen and oxygen atoms in total. The van der Waals surface area contributed by atoms with Gasteiger partial charge in [-0.05, 0) is 56.0 Å². The second-order valence-corrected chi connectivity index (χ2v) is 12.1. The third-order valence-corrected chi connectivity index (χ3v) is 8.33. The van der Waals surface area contributed by atoms with E-state index in [1.807, 2.05) is 44.2 Å². The third-order valence-electron chi connectivity index (χ3n) is 7.34. The van der Waals surface area contributed by atoms with Crippen LogP contribution in [0.1, 0.15) is 41.0 Å². The summed E-state index contributed by atoms with van der Waals surface area (Å²) in [4.78, 5) is 58.9. The number of carbonyl (C=O) groups excluding carboxylic acids is 3. The lowest BCUT2D eigenvalue weighted by molar-refractivity contribution is -0.143. The summed E-state index contributed by atoms with van der Waals surface area (Å²) in [6.07, 6.45) is 3.63. The molecule has 1 amide bonds. The van der Waals surface area contributed by atoms with Gasteiger partial charge in [0, 0.05) is 25.5 Å². The summed E-state index contributed by atoms with van der Waals surface area (Å²) in [6, 6.07) is 13.4. The molecule has 2 aromatic heterocycles. The number of thioether (sulfide) groups is 1. The van der Waals surface area contributed by atoms with Crippen LogP contribution >= 0.6 is 11.8 Å². The quantitative estimate of drug-likeness (QED) is 0.246. The number of imidazole rings is 1. The van der Waals surface area contributed by atoms with Crippen molar-refractivity contribution in [2.45, 2.75) is 57.8 Å². The molecule has 12 heteroatoms. The monoisotopic (exact) mass is 620 g/mol. The highest BCUT2D eigenvalue weighted by molar-refractivity contribution is 8.15. The molecular formula is C32H33FN4O6S. The summed E-state index contributed by atoms with van der Waals surface area (Å²) in [6.45, 7) is 6.31. The van der Waals surface area contributed by atoms with Crippen molar-refractivity contribution in [3.05, 3.63) is 99.5 Å². The predicted molar refractivity (Wildman–Crippen MR) is 163 cm³/mol. The van der Waals surface area contributed by atoms with E-state index in [4.69, 9.17) is 9.47 Å². The Kier molecular flexibility index (Phi) is 9.60. The number of morpholine rings is 1. The Morgan fingerprint density at radius 3 is 2.55 bits per heavy atom. The fraction of sp³-hybridized carbons (Fsp3) is 0.344. The number of rotatable bonds is 10. The van der Waals surface area contributed by atoms with Gasteiger partial charge in [0.2, 0.25) is 22.5 Å². The molecule has 0 saturated carbocycles. The number of hydrogen-bond donors (Lipinski definition) is 0. The molecule has 1 fully saturated rings. The van der Waals surface area contributed by atoms with E-state index in [0.29, 0.717) is 42.3 Å². The van der Waals surface area contributed by atoms with E-state index in [1.54, 1.807) is 24.1 Å². The van der Waals surface area contributed by atoms with E-state index in [9.17, 15) is 23.6 Å². The number of aromatic nitrogens is 3. The summed E-state index contributed by atoms with van der Waals surface area (Å²) >= 11 is 0.714. The van der Waals surface area contributed by atoms with Crippen molar-refractivity contribution < 1.29 is 28.2 Å². The molecule has 5 rings (SSSR count). The third kappa shape index (κ3) is 7.08. The van der Waals surface area contributed by atoms with Crippen LogP contribution in [0.15, 0.2) is 65.7 Å². The number of ether oxygens (including phenoxy) is 2. The SMILES string of the molecule is Cc1cc(F)ccc1CC(C=O)SC(=O)c1nc2n(CC(=O)N3CC(C)OC(C)C3)ccn2c(=O)c1OCc1ccccc1. The lowest BCUT2D eigenvalue weighted by Gasteiger charge is -2.35. The molecule has 1 aliphatic rings. The first-order valence-electron chi connectivity index (χ1n) is 14.3. The van der Waals surface area contributed by atoms with Gasteiger partial charge in [-0.15, -0.1) is 0 Å². The van der Waals surface area contributed by atoms with E-state index < -0.39 is 21.7 Å². The molecule has 0 N–H and O–H groups in total. The summed E-state index contributed by atoms with van der Waals surface area (Å²) < 4.78 is 28.0. The van der Waals surface area contributed by atoms with Crippen LogP contribution in [-0.4, -0.2) is 66.7 Å². The zero-order chi connectivity index (χ0) is 31.4. The van der Waals surface area contributed by atoms with Crippen LogP contribution in [0, 0.1) is 12.7 Å². The normalized spacial score (nSPS) is 17.4. The highest BCUT2D eigenvalue weighted by atomic mass is 32.2. The number of carbonyl (C=O) groups is 3. The standard InChI is InChI=1S/C32H33FN4O6S/c1-20-13-25(33)10-9-24(20)14-26(18-38)44-31(41)28-29(42-19-23-7-5-4-6-8-23)30(40)37-12-11-35(32(37)34-28)17-27(39)36-15-21(2)43-22(3)16-36/h4-13,18,21-22,26H,14-17,19H2,1-3H3. The lowest BCUT2D eigenvalue weighted by atomic mass is 10.0. The number of nitrogens with zero attached hydrogens (tertiary/aromatic N) is 4. The highest BCUT2D eigenvalue weighted by Crippen LogP contribution is 2.26. The minimum atomic E-state index is -0.826. The van der Waals surface area contributed by atoms with E-state index in [2.05, 4.69) is 4.98 Å². The van der Waals surface area contributed by atoms with Crippen LogP contribution in [0.3, 0.4) is 0 Å². The Balaban J connectivity index is 1.47. The lowest BCUT2D eigenvalue weighted by Crippen LogP contribution is -2.49. The first kappa shape index (κ1) is 31.1. The first-order valence-corrected chi connectivity index (χ1v) is 15.1. The molecule has 1 saturated heterocycles. The molecule has 0 aliphatic carbocycles. The van der Waals surface area contributed by atoms with Crippen LogP contribution < -0.4 is 10.3 Å². The Morgan fingerprint density at radius 1 is 1.14 bits per heavy atom. The van der Waals surface area contributed by atoms with Crippen molar-refractivity contribution in [3.8, 4) is 5.75 Å². The Labute approximate surface area is 257 Å². The van der Waals surface area contributed by atoms with Gasteiger partial charge in [-0.25, -0.2) is 13.8 Å². The summed E-state index contributed by atoms with van der Waals surface area (Å²) in [5.41, 5.74) is 1.28. The molecule has 1 aliphatic heterocycles. The van der Waals surface area contributed by atoms with Gasteiger partial charge in [0.1, 0.15) is 25.3 Å². The predicted octanol–water partition coefficient (Wildman–Crippen LogP) is 3.84. The van der Waals surface area contributed by atoms with Gasteiger partial charge in [0.25, 0.3) is 0 Å². The molecule has 3 unspecified atom stereocenters. The topological polar surface area (TPSA) is 112 Å². The number of benzene rings is 2. The Bertz CT molecular complexity index is 1730. The first-order chi connectivity index (χ1) is 21.1. The molecule has 2 aromatic carbocycles. The van der Waals surface area contributed by atoms with Crippen molar-refractivity contribution in [1.29, 1.82) is 0 Å². The van der Waals surface area contributed by atoms with Crippen LogP contribution in [0.5, 0.6) is 5.75 Å². The molecular weight excluding hydrogens is 587 g/mol. The average Bonchev–Trinajstić information content (AvgIpc) is 3.40. The Morgan fingerprint density at radius 2 is 1.86 bits per heavy atom. The molecule has 44 heavy (non-hydrogen) atoms. The Hall–Kier alpha value is -4.29. The zero-order valence-electron chi connectivity index (χ0n) is 24.6. The van der Waals surface area contributed by atoms with Crippen LogP contribution in [0.2, 0.25) is 0 Å². The summed E-state index contributed by atoms with van der Waals surface area (Å²) in [7, 11) is 0. The van der Waals surface area contributed by atoms with E-state index in [0.717, 1.165) is 5.56 Å². The highest BCUT2D eigenvalue weighted by Gasteiger charge is 2.28. The van der Waals surface area contributed by atoms with Gasteiger partial charge >= 0.3 is 5.56 Å². The van der Waals surface area contributed by atoms with Crippen LogP contribution in [0.25, 0.3) is 5.78 Å². The van der Waals surface area contributed by atoms with E-state index in [1.165, 1.54) is 27.3 Å². The maximum absolute atomic E-state index is 13.7. The number of aryl methyl sites for hydroxylation is 1. The zero-order valence-corrected chi connectivity index (χ0v) is 25.5. The molecule has 230 valence electrons. The molecule has 4 aromatic rings. The maximum Gasteiger partial charge on any atom is 0.302 e. The smallest absolute Gasteiger partial charge is 0.302 e. The minimum Gasteiger partial charge on any atom is -0.481 e. The number of aldehydes is 1. The van der Waals surface area contributed by atoms with Crippen molar-refractivity contribution in [3.63, 3.8) is 0 Å². The number of amides is 1. The van der Waals surface area contributed by atoms with Gasteiger partial charge in [0.05, 0.1) is 17.5 Å². The number of fused-ring (bicyclic) bond motifs is 1. The van der Waals surface area contributed by atoms with Crippen molar-refractivity contribution in [1.82, 2.24) is 18.9 Å². The molecule has 0 radical (unpaired) electrons. The van der Waals surface area contributed by atoms with Gasteiger partial charge in [-0.1, -0.05) is 48.2 Å². The van der Waals surface area contributed by atoms with Crippen LogP contribution in [-0.2, 0) is 33.9 Å². The fourth-order valence-electron chi connectivity index (χ4n) is 5.22.